The maximum atomic E-state index is 13.3. The van der Waals surface area contributed by atoms with Crippen LogP contribution in [-0.4, -0.2) is 28.1 Å². The number of ketones is 1. The van der Waals surface area contributed by atoms with Crippen molar-refractivity contribution in [1.82, 2.24) is 9.13 Å². The van der Waals surface area contributed by atoms with Gasteiger partial charge in [-0.2, -0.15) is 0 Å². The highest BCUT2D eigenvalue weighted by molar-refractivity contribution is 6.23. The van der Waals surface area contributed by atoms with E-state index in [4.69, 9.17) is 9.47 Å². The molecule has 30 heavy (non-hydrogen) atoms. The number of Topliss-reactive ketones (excluding diaryl/α,β-unsaturated/α-hetero) is 1. The maximum absolute atomic E-state index is 13.3. The van der Waals surface area contributed by atoms with Gasteiger partial charge in [0.25, 0.3) is 0 Å². The molecule has 2 aromatic heterocycles. The van der Waals surface area contributed by atoms with Gasteiger partial charge in [-0.3, -0.25) is 4.79 Å². The van der Waals surface area contributed by atoms with E-state index < -0.39 is 11.8 Å². The van der Waals surface area contributed by atoms with Gasteiger partial charge in [0.05, 0.1) is 28.5 Å². The Morgan fingerprint density at radius 1 is 0.900 bits per heavy atom. The fourth-order valence-electron chi connectivity index (χ4n) is 5.91. The zero-order valence-electron chi connectivity index (χ0n) is 16.8. The molecule has 2 unspecified atom stereocenters. The number of fused-ring (bicyclic) bond motifs is 10. The van der Waals surface area contributed by atoms with Crippen molar-refractivity contribution in [3.63, 3.8) is 0 Å². The molecule has 3 atom stereocenters. The Hall–Kier alpha value is -3.15. The summed E-state index contributed by atoms with van der Waals surface area (Å²) in [6.45, 7) is 1.99. The highest BCUT2D eigenvalue weighted by Gasteiger charge is 2.52. The Bertz CT molecular complexity index is 1540. The first-order valence-electron chi connectivity index (χ1n) is 10.3. The van der Waals surface area contributed by atoms with Crippen LogP contribution in [0.25, 0.3) is 43.6 Å². The molecule has 2 aliphatic rings. The van der Waals surface area contributed by atoms with Crippen molar-refractivity contribution < 1.29 is 14.3 Å². The Morgan fingerprint density at radius 2 is 1.53 bits per heavy atom. The van der Waals surface area contributed by atoms with Gasteiger partial charge in [0.1, 0.15) is 6.23 Å². The quantitative estimate of drug-likeness (QED) is 0.396. The SMILES string of the molecule is COC1C(=O)CC2O[C@]1(C)n1c3ccccc3c3ccc4c5ccccc5n2c4c31. The predicted octanol–water partition coefficient (Wildman–Crippen LogP) is 5.09. The molecule has 4 heterocycles. The molecule has 0 amide bonds. The standard InChI is InChI=1S/C25H20N2O3/c1-25-24(29-2)20(28)13-21(30-25)26-18-9-5-3-7-14(18)16-11-12-17-15-8-4-6-10-19(15)27(25)23(17)22(16)26/h3-12,21,24H,13H2,1-2H3/t21?,24?,25-/m0/s1. The number of carbonyl (C=O) groups is 1. The van der Waals surface area contributed by atoms with Crippen LogP contribution in [0.5, 0.6) is 0 Å². The minimum absolute atomic E-state index is 0.0703. The van der Waals surface area contributed by atoms with E-state index in [1.54, 1.807) is 7.11 Å². The molecule has 1 saturated heterocycles. The number of para-hydroxylation sites is 2. The third kappa shape index (κ3) is 1.71. The number of nitrogens with zero attached hydrogens (tertiary/aromatic N) is 2. The second-order valence-electron chi connectivity index (χ2n) is 8.51. The molecule has 3 aromatic carbocycles. The molecule has 0 radical (unpaired) electrons. The van der Waals surface area contributed by atoms with Gasteiger partial charge < -0.3 is 18.6 Å². The van der Waals surface area contributed by atoms with E-state index in [-0.39, 0.29) is 12.0 Å². The van der Waals surface area contributed by atoms with Gasteiger partial charge in [-0.25, -0.2) is 0 Å². The third-order valence-electron chi connectivity index (χ3n) is 7.00. The molecular formula is C25H20N2O3. The minimum Gasteiger partial charge on any atom is -0.369 e. The van der Waals surface area contributed by atoms with Crippen molar-refractivity contribution >= 4 is 49.4 Å². The summed E-state index contributed by atoms with van der Waals surface area (Å²) >= 11 is 0. The lowest BCUT2D eigenvalue weighted by atomic mass is 9.97. The molecule has 0 saturated carbocycles. The number of benzene rings is 3. The lowest BCUT2D eigenvalue weighted by molar-refractivity contribution is -0.235. The van der Waals surface area contributed by atoms with Crippen LogP contribution >= 0.6 is 0 Å². The minimum atomic E-state index is -0.940. The largest absolute Gasteiger partial charge is 0.369 e. The van der Waals surface area contributed by atoms with Gasteiger partial charge in [-0.1, -0.05) is 48.5 Å². The van der Waals surface area contributed by atoms with E-state index in [2.05, 4.69) is 57.7 Å². The van der Waals surface area contributed by atoms with Crippen LogP contribution in [-0.2, 0) is 20.0 Å². The zero-order chi connectivity index (χ0) is 20.2. The molecule has 148 valence electrons. The van der Waals surface area contributed by atoms with Crippen LogP contribution in [0.1, 0.15) is 19.6 Å². The lowest BCUT2D eigenvalue weighted by Crippen LogP contribution is -2.54. The zero-order valence-corrected chi connectivity index (χ0v) is 16.8. The Labute approximate surface area is 172 Å². The molecule has 5 nitrogen and oxygen atoms in total. The molecule has 5 aromatic rings. The summed E-state index contributed by atoms with van der Waals surface area (Å²) in [5.74, 6) is 0.0703. The maximum Gasteiger partial charge on any atom is 0.178 e. The second-order valence-corrected chi connectivity index (χ2v) is 8.51. The molecule has 0 N–H and O–H groups in total. The lowest BCUT2D eigenvalue weighted by Gasteiger charge is -2.43. The van der Waals surface area contributed by atoms with Gasteiger partial charge >= 0.3 is 0 Å². The smallest absolute Gasteiger partial charge is 0.178 e. The third-order valence-corrected chi connectivity index (χ3v) is 7.00. The van der Waals surface area contributed by atoms with E-state index in [1.165, 1.54) is 16.2 Å². The van der Waals surface area contributed by atoms with Crippen molar-refractivity contribution in [1.29, 1.82) is 0 Å². The molecule has 5 heteroatoms. The molecular weight excluding hydrogens is 376 g/mol. The highest BCUT2D eigenvalue weighted by Crippen LogP contribution is 2.50. The normalized spacial score (nSPS) is 25.7. The summed E-state index contributed by atoms with van der Waals surface area (Å²) in [6, 6.07) is 21.1. The van der Waals surface area contributed by atoms with Crippen LogP contribution < -0.4 is 0 Å². The van der Waals surface area contributed by atoms with E-state index in [0.717, 1.165) is 27.5 Å². The molecule has 2 bridgehead atoms. The van der Waals surface area contributed by atoms with Gasteiger partial charge in [-0.15, -0.1) is 0 Å². The van der Waals surface area contributed by atoms with Gasteiger partial charge in [0.15, 0.2) is 17.6 Å². The fourth-order valence-corrected chi connectivity index (χ4v) is 5.91. The number of ether oxygens (including phenoxy) is 2. The van der Waals surface area contributed by atoms with Gasteiger partial charge in [0.2, 0.25) is 0 Å². The number of carbonyl (C=O) groups excluding carboxylic acids is 1. The summed E-state index contributed by atoms with van der Waals surface area (Å²) < 4.78 is 17.0. The fraction of sp³-hybridized carbons (Fsp3) is 0.240. The van der Waals surface area contributed by atoms with Crippen LogP contribution in [0.2, 0.25) is 0 Å². The molecule has 7 rings (SSSR count). The van der Waals surface area contributed by atoms with Crippen LogP contribution in [0.4, 0.5) is 0 Å². The number of aromatic nitrogens is 2. The van der Waals surface area contributed by atoms with Crippen molar-refractivity contribution in [2.75, 3.05) is 7.11 Å². The predicted molar refractivity (Wildman–Crippen MR) is 117 cm³/mol. The van der Waals surface area contributed by atoms with Crippen molar-refractivity contribution in [3.8, 4) is 0 Å². The van der Waals surface area contributed by atoms with Gasteiger partial charge in [0, 0.05) is 28.7 Å². The van der Waals surface area contributed by atoms with E-state index >= 15 is 0 Å². The molecule has 1 fully saturated rings. The van der Waals surface area contributed by atoms with E-state index in [0.29, 0.717) is 6.42 Å². The van der Waals surface area contributed by atoms with Crippen LogP contribution in [0.3, 0.4) is 0 Å². The van der Waals surface area contributed by atoms with E-state index in [1.807, 2.05) is 19.1 Å². The van der Waals surface area contributed by atoms with Gasteiger partial charge in [-0.05, 0) is 19.1 Å². The average Bonchev–Trinajstić information content (AvgIpc) is 3.24. The average molecular weight is 396 g/mol. The second kappa shape index (κ2) is 5.31. The first kappa shape index (κ1) is 16.6. The molecule has 2 aliphatic heterocycles. The highest BCUT2D eigenvalue weighted by atomic mass is 16.6. The Morgan fingerprint density at radius 3 is 2.27 bits per heavy atom. The summed E-state index contributed by atoms with van der Waals surface area (Å²) in [4.78, 5) is 13.3. The van der Waals surface area contributed by atoms with Crippen LogP contribution in [0.15, 0.2) is 60.7 Å². The number of hydrogen-bond acceptors (Lipinski definition) is 3. The summed E-state index contributed by atoms with van der Waals surface area (Å²) in [7, 11) is 1.60. The summed E-state index contributed by atoms with van der Waals surface area (Å²) in [5.41, 5.74) is 3.44. The van der Waals surface area contributed by atoms with E-state index in [9.17, 15) is 4.79 Å². The Kier molecular flexibility index (Phi) is 2.94. The number of hydrogen-bond donors (Lipinski definition) is 0. The Balaban J connectivity index is 1.82. The number of methoxy groups -OCH3 is 1. The molecule has 0 aliphatic carbocycles. The number of rotatable bonds is 1. The topological polar surface area (TPSA) is 45.4 Å². The molecule has 0 spiro atoms. The summed E-state index contributed by atoms with van der Waals surface area (Å²) in [5, 5.41) is 4.69. The van der Waals surface area contributed by atoms with Crippen molar-refractivity contribution in [2.24, 2.45) is 0 Å². The van der Waals surface area contributed by atoms with Crippen LogP contribution in [0, 0.1) is 0 Å². The monoisotopic (exact) mass is 396 g/mol. The van der Waals surface area contributed by atoms with Crippen molar-refractivity contribution in [2.45, 2.75) is 31.4 Å². The first-order valence-corrected chi connectivity index (χ1v) is 10.3. The summed E-state index contributed by atoms with van der Waals surface area (Å²) in [6.07, 6.45) is -0.749. The van der Waals surface area contributed by atoms with Crippen molar-refractivity contribution in [3.05, 3.63) is 60.7 Å². The first-order chi connectivity index (χ1) is 14.6.